The highest BCUT2D eigenvalue weighted by Crippen LogP contribution is 2.30. The van der Waals surface area contributed by atoms with Gasteiger partial charge in [-0.3, -0.25) is 0 Å². The fourth-order valence-electron chi connectivity index (χ4n) is 1.67. The van der Waals surface area contributed by atoms with E-state index in [1.165, 1.54) is 17.5 Å². The van der Waals surface area contributed by atoms with Gasteiger partial charge in [0.25, 0.3) is 0 Å². The van der Waals surface area contributed by atoms with E-state index in [4.69, 9.17) is 10.5 Å². The summed E-state index contributed by atoms with van der Waals surface area (Å²) in [6.07, 6.45) is 0. The highest BCUT2D eigenvalue weighted by molar-refractivity contribution is 7.89. The Morgan fingerprint density at radius 2 is 1.80 bits per heavy atom. The second kappa shape index (κ2) is 6.43. The molecule has 0 unspecified atom stereocenters. The number of nitrogen functional groups attached to an aromatic ring is 1. The fourth-order valence-corrected chi connectivity index (χ4v) is 3.00. The molecule has 0 radical (unpaired) electrons. The third kappa shape index (κ3) is 3.62. The standard InChI is InChI=1S/C13H23N3O3S/c1-10-8-12(19-5)13(9-11(10)14)20(17,18)16(4)7-6-15(2)3/h8-9H,6-7,14H2,1-5H3. The van der Waals surface area contributed by atoms with Gasteiger partial charge < -0.3 is 15.4 Å². The van der Waals surface area contributed by atoms with E-state index in [-0.39, 0.29) is 4.90 Å². The van der Waals surface area contributed by atoms with Crippen LogP contribution in [0.5, 0.6) is 5.75 Å². The number of sulfonamides is 1. The van der Waals surface area contributed by atoms with E-state index in [1.807, 2.05) is 25.9 Å². The molecule has 0 saturated carbocycles. The Bertz CT molecular complexity index is 570. The van der Waals surface area contributed by atoms with Crippen molar-refractivity contribution in [1.29, 1.82) is 0 Å². The number of anilines is 1. The lowest BCUT2D eigenvalue weighted by Gasteiger charge is -2.21. The second-order valence-corrected chi connectivity index (χ2v) is 7.00. The van der Waals surface area contributed by atoms with Crippen LogP contribution in [0.4, 0.5) is 5.69 Å². The van der Waals surface area contributed by atoms with Crippen molar-refractivity contribution in [1.82, 2.24) is 9.21 Å². The van der Waals surface area contributed by atoms with Crippen molar-refractivity contribution in [2.24, 2.45) is 0 Å². The quantitative estimate of drug-likeness (QED) is 0.785. The molecule has 0 aliphatic carbocycles. The maximum atomic E-state index is 12.6. The molecule has 20 heavy (non-hydrogen) atoms. The minimum absolute atomic E-state index is 0.101. The first-order chi connectivity index (χ1) is 9.20. The Balaban J connectivity index is 3.18. The van der Waals surface area contributed by atoms with Gasteiger partial charge in [-0.25, -0.2) is 8.42 Å². The molecule has 0 aliphatic heterocycles. The van der Waals surface area contributed by atoms with Gasteiger partial charge in [-0.2, -0.15) is 4.31 Å². The lowest BCUT2D eigenvalue weighted by molar-refractivity contribution is 0.356. The average molecular weight is 301 g/mol. The number of hydrogen-bond donors (Lipinski definition) is 1. The van der Waals surface area contributed by atoms with E-state index < -0.39 is 10.0 Å². The van der Waals surface area contributed by atoms with Gasteiger partial charge in [0.05, 0.1) is 7.11 Å². The van der Waals surface area contributed by atoms with Gasteiger partial charge in [0.15, 0.2) is 0 Å². The number of benzene rings is 1. The number of methoxy groups -OCH3 is 1. The minimum atomic E-state index is -3.61. The first-order valence-corrected chi connectivity index (χ1v) is 7.69. The monoisotopic (exact) mass is 301 g/mol. The second-order valence-electron chi connectivity index (χ2n) is 4.99. The number of ether oxygens (including phenoxy) is 1. The van der Waals surface area contributed by atoms with Gasteiger partial charge in [0.2, 0.25) is 10.0 Å². The molecule has 6 nitrogen and oxygen atoms in total. The van der Waals surface area contributed by atoms with E-state index in [9.17, 15) is 8.42 Å². The van der Waals surface area contributed by atoms with Crippen LogP contribution >= 0.6 is 0 Å². The van der Waals surface area contributed by atoms with Crippen molar-refractivity contribution in [2.75, 3.05) is 47.1 Å². The van der Waals surface area contributed by atoms with Crippen LogP contribution in [0, 0.1) is 6.92 Å². The molecule has 0 bridgehead atoms. The minimum Gasteiger partial charge on any atom is -0.495 e. The summed E-state index contributed by atoms with van der Waals surface area (Å²) in [5, 5.41) is 0. The van der Waals surface area contributed by atoms with Crippen molar-refractivity contribution in [3.05, 3.63) is 17.7 Å². The lowest BCUT2D eigenvalue weighted by Crippen LogP contribution is -2.33. The maximum absolute atomic E-state index is 12.6. The number of hydrogen-bond acceptors (Lipinski definition) is 5. The summed E-state index contributed by atoms with van der Waals surface area (Å²) in [7, 11) is 3.17. The van der Waals surface area contributed by atoms with Gasteiger partial charge >= 0.3 is 0 Å². The number of aryl methyl sites for hydroxylation is 1. The molecule has 1 aromatic carbocycles. The molecule has 2 N–H and O–H groups in total. The topological polar surface area (TPSA) is 75.9 Å². The van der Waals surface area contributed by atoms with Gasteiger partial charge in [0, 0.05) is 25.8 Å². The van der Waals surface area contributed by atoms with Crippen LogP contribution in [-0.4, -0.2) is 59.0 Å². The number of nitrogens with two attached hydrogens (primary N) is 1. The number of rotatable bonds is 6. The number of nitrogens with zero attached hydrogens (tertiary/aromatic N) is 2. The van der Waals surface area contributed by atoms with E-state index in [0.717, 1.165) is 5.56 Å². The molecular formula is C13H23N3O3S. The Labute approximate surface area is 121 Å². The smallest absolute Gasteiger partial charge is 0.246 e. The first kappa shape index (κ1) is 16.7. The normalized spacial score (nSPS) is 12.2. The largest absolute Gasteiger partial charge is 0.495 e. The summed E-state index contributed by atoms with van der Waals surface area (Å²) in [4.78, 5) is 2.02. The van der Waals surface area contributed by atoms with Crippen LogP contribution < -0.4 is 10.5 Å². The Morgan fingerprint density at radius 1 is 1.20 bits per heavy atom. The molecule has 0 aliphatic rings. The zero-order chi connectivity index (χ0) is 15.5. The zero-order valence-electron chi connectivity index (χ0n) is 12.7. The molecule has 0 aromatic heterocycles. The lowest BCUT2D eigenvalue weighted by atomic mass is 10.2. The predicted molar refractivity (Wildman–Crippen MR) is 80.5 cm³/mol. The molecule has 0 fully saturated rings. The molecule has 7 heteroatoms. The zero-order valence-corrected chi connectivity index (χ0v) is 13.5. The molecule has 0 amide bonds. The number of likely N-dealkylation sites (N-methyl/N-ethyl adjacent to an activating group) is 2. The van der Waals surface area contributed by atoms with Crippen LogP contribution in [0.15, 0.2) is 17.0 Å². The van der Waals surface area contributed by atoms with Gasteiger partial charge in [-0.1, -0.05) is 0 Å². The summed E-state index contributed by atoms with van der Waals surface area (Å²) < 4.78 is 31.6. The highest BCUT2D eigenvalue weighted by Gasteiger charge is 2.25. The van der Waals surface area contributed by atoms with Crippen molar-refractivity contribution in [3.8, 4) is 5.75 Å². The third-order valence-electron chi connectivity index (χ3n) is 3.10. The van der Waals surface area contributed by atoms with Gasteiger partial charge in [0.1, 0.15) is 10.6 Å². The molecule has 0 heterocycles. The summed E-state index contributed by atoms with van der Waals surface area (Å²) in [5.41, 5.74) is 7.04. The van der Waals surface area contributed by atoms with Crippen LogP contribution in [0.25, 0.3) is 0 Å². The van der Waals surface area contributed by atoms with E-state index in [2.05, 4.69) is 0 Å². The summed E-state index contributed by atoms with van der Waals surface area (Å²) >= 11 is 0. The van der Waals surface area contributed by atoms with Gasteiger partial charge in [-0.05, 0) is 38.7 Å². The average Bonchev–Trinajstić information content (AvgIpc) is 2.38. The SMILES string of the molecule is COc1cc(C)c(N)cc1S(=O)(=O)N(C)CCN(C)C. The van der Waals surface area contributed by atoms with Crippen molar-refractivity contribution in [3.63, 3.8) is 0 Å². The van der Waals surface area contributed by atoms with Crippen molar-refractivity contribution >= 4 is 15.7 Å². The van der Waals surface area contributed by atoms with Crippen molar-refractivity contribution < 1.29 is 13.2 Å². The Kier molecular flexibility index (Phi) is 5.38. The Morgan fingerprint density at radius 3 is 2.30 bits per heavy atom. The molecule has 0 atom stereocenters. The van der Waals surface area contributed by atoms with Crippen LogP contribution in [0.1, 0.15) is 5.56 Å². The molecule has 1 aromatic rings. The molecular weight excluding hydrogens is 278 g/mol. The van der Waals surface area contributed by atoms with Crippen LogP contribution in [0.2, 0.25) is 0 Å². The molecule has 0 saturated heterocycles. The summed E-state index contributed by atoms with van der Waals surface area (Å²) in [6.45, 7) is 2.84. The molecule has 1 rings (SSSR count). The Hall–Kier alpha value is -1.31. The maximum Gasteiger partial charge on any atom is 0.246 e. The molecule has 114 valence electrons. The van der Waals surface area contributed by atoms with E-state index >= 15 is 0 Å². The van der Waals surface area contributed by atoms with Gasteiger partial charge in [-0.15, -0.1) is 0 Å². The van der Waals surface area contributed by atoms with Crippen LogP contribution in [-0.2, 0) is 10.0 Å². The summed E-state index contributed by atoms with van der Waals surface area (Å²) in [6, 6.07) is 3.09. The first-order valence-electron chi connectivity index (χ1n) is 6.25. The van der Waals surface area contributed by atoms with E-state index in [0.29, 0.717) is 24.5 Å². The third-order valence-corrected chi connectivity index (χ3v) is 4.98. The highest BCUT2D eigenvalue weighted by atomic mass is 32.2. The summed E-state index contributed by atoms with van der Waals surface area (Å²) in [5.74, 6) is 0.313. The van der Waals surface area contributed by atoms with Crippen molar-refractivity contribution in [2.45, 2.75) is 11.8 Å². The van der Waals surface area contributed by atoms with Crippen LogP contribution in [0.3, 0.4) is 0 Å². The molecule has 0 spiro atoms. The predicted octanol–water partition coefficient (Wildman–Crippen LogP) is 0.768. The van der Waals surface area contributed by atoms with E-state index in [1.54, 1.807) is 13.1 Å². The fraction of sp³-hybridized carbons (Fsp3) is 0.538.